The molecule has 1 saturated heterocycles. The van der Waals surface area contributed by atoms with Gasteiger partial charge in [-0.05, 0) is 44.4 Å². The summed E-state index contributed by atoms with van der Waals surface area (Å²) in [4.78, 5) is 25.2. The van der Waals surface area contributed by atoms with Crippen LogP contribution in [0.5, 0.6) is 0 Å². The maximum absolute atomic E-state index is 12.9. The van der Waals surface area contributed by atoms with Gasteiger partial charge in [0.25, 0.3) is 11.6 Å². The van der Waals surface area contributed by atoms with E-state index in [9.17, 15) is 14.9 Å². The fourth-order valence-corrected chi connectivity index (χ4v) is 2.70. The van der Waals surface area contributed by atoms with Gasteiger partial charge in [0, 0.05) is 12.6 Å². The van der Waals surface area contributed by atoms with Crippen molar-refractivity contribution in [3.8, 4) is 0 Å². The zero-order valence-corrected chi connectivity index (χ0v) is 13.0. The van der Waals surface area contributed by atoms with E-state index in [0.717, 1.165) is 16.7 Å². The molecule has 1 N–H and O–H groups in total. The van der Waals surface area contributed by atoms with E-state index in [1.165, 1.54) is 6.07 Å². The summed E-state index contributed by atoms with van der Waals surface area (Å²) >= 11 is 0. The molecule has 6 heteroatoms. The van der Waals surface area contributed by atoms with Crippen molar-refractivity contribution < 1.29 is 14.8 Å². The van der Waals surface area contributed by atoms with Gasteiger partial charge < -0.3 is 10.0 Å². The number of amides is 1. The molecular formula is C16H20N2O4. The minimum Gasteiger partial charge on any atom is -0.394 e. The molecule has 22 heavy (non-hydrogen) atoms. The number of carbonyl (C=O) groups excluding carboxylic acids is 1. The molecule has 0 aliphatic carbocycles. The smallest absolute Gasteiger partial charge is 0.282 e. The summed E-state index contributed by atoms with van der Waals surface area (Å²) in [5.74, 6) is -0.390. The van der Waals surface area contributed by atoms with Crippen LogP contribution in [0.4, 0.5) is 5.69 Å². The molecule has 0 bridgehead atoms. The van der Waals surface area contributed by atoms with E-state index < -0.39 is 10.8 Å². The molecule has 2 rings (SSSR count). The second kappa shape index (κ2) is 6.27. The molecule has 1 atom stereocenters. The Morgan fingerprint density at radius 1 is 1.55 bits per heavy atom. The lowest BCUT2D eigenvalue weighted by Crippen LogP contribution is -2.38. The van der Waals surface area contributed by atoms with Crippen LogP contribution in [0.1, 0.15) is 34.8 Å². The summed E-state index contributed by atoms with van der Waals surface area (Å²) in [6.45, 7) is 5.98. The van der Waals surface area contributed by atoms with Crippen molar-refractivity contribution in [2.24, 2.45) is 0 Å². The molecule has 1 aromatic carbocycles. The number of allylic oxidation sites excluding steroid dienone is 1. The Hall–Kier alpha value is -2.21. The van der Waals surface area contributed by atoms with Crippen molar-refractivity contribution in [1.29, 1.82) is 1.43 Å². The van der Waals surface area contributed by atoms with Gasteiger partial charge in [0.1, 0.15) is 5.56 Å². The first-order valence-corrected chi connectivity index (χ1v) is 7.17. The molecule has 0 radical (unpaired) electrons. The van der Waals surface area contributed by atoms with E-state index in [2.05, 4.69) is 5.11 Å². The van der Waals surface area contributed by atoms with Gasteiger partial charge >= 0.3 is 0 Å². The third-order valence-corrected chi connectivity index (χ3v) is 4.21. The summed E-state index contributed by atoms with van der Waals surface area (Å²) in [6, 6.07) is 2.74. The number of nitrogens with zero attached hydrogens (tertiary/aromatic N) is 2. The molecule has 0 aromatic heterocycles. The molecule has 0 spiro atoms. The second-order valence-corrected chi connectivity index (χ2v) is 5.62. The van der Waals surface area contributed by atoms with E-state index in [-0.39, 0.29) is 23.9 Å². The monoisotopic (exact) mass is 306 g/mol. The maximum atomic E-state index is 12.9. The maximum Gasteiger partial charge on any atom is 0.282 e. The SMILES string of the molecule is [3H]OC[C@@H]1C/C(=C\C)CN1C(=O)c1cc(C)c(C)cc1[N+](=O)[O-]. The summed E-state index contributed by atoms with van der Waals surface area (Å²) in [5.41, 5.74) is 2.57. The van der Waals surface area contributed by atoms with E-state index >= 15 is 0 Å². The number of nitro groups is 1. The minimum atomic E-state index is -0.525. The van der Waals surface area contributed by atoms with Gasteiger partial charge in [0.05, 0.1) is 17.6 Å². The van der Waals surface area contributed by atoms with Gasteiger partial charge in [-0.15, -0.1) is 0 Å². The van der Waals surface area contributed by atoms with Crippen LogP contribution in [-0.2, 0) is 0 Å². The Balaban J connectivity index is 2.43. The molecule has 1 heterocycles. The van der Waals surface area contributed by atoms with Crippen LogP contribution >= 0.6 is 0 Å². The Morgan fingerprint density at radius 3 is 2.82 bits per heavy atom. The van der Waals surface area contributed by atoms with Crippen LogP contribution in [0.25, 0.3) is 0 Å². The standard InChI is InChI=1S/C16H20N2O4/c1-4-12-7-13(9-19)17(8-12)16(20)14-5-10(2)11(3)6-15(14)18(21)22/h4-6,13,19H,7-9H2,1-3H3/b12-4+/t13-/m0/s1/i19T. The lowest BCUT2D eigenvalue weighted by Gasteiger charge is -2.22. The lowest BCUT2D eigenvalue weighted by atomic mass is 10.0. The number of benzene rings is 1. The Morgan fingerprint density at radius 2 is 2.23 bits per heavy atom. The topological polar surface area (TPSA) is 83.7 Å². The van der Waals surface area contributed by atoms with Crippen molar-refractivity contribution in [2.45, 2.75) is 33.2 Å². The molecule has 1 aliphatic rings. The normalized spacial score (nSPS) is 20.3. The summed E-state index contributed by atoms with van der Waals surface area (Å²) in [6.07, 6.45) is 2.55. The number of aliphatic hydroxyl groups is 1. The quantitative estimate of drug-likeness (QED) is 0.526. The number of rotatable bonds is 4. The third kappa shape index (κ3) is 2.87. The first-order valence-electron chi connectivity index (χ1n) is 7.58. The summed E-state index contributed by atoms with van der Waals surface area (Å²) in [5, 5.41) is 15.8. The highest BCUT2D eigenvalue weighted by Gasteiger charge is 2.34. The molecular weight excluding hydrogens is 284 g/mol. The highest BCUT2D eigenvalue weighted by Crippen LogP contribution is 2.29. The fourth-order valence-electron chi connectivity index (χ4n) is 2.70. The Labute approximate surface area is 130 Å². The van der Waals surface area contributed by atoms with Gasteiger partial charge in [-0.1, -0.05) is 11.6 Å². The van der Waals surface area contributed by atoms with Gasteiger partial charge in [0.15, 0.2) is 0 Å². The average Bonchev–Trinajstić information content (AvgIpc) is 2.92. The first-order chi connectivity index (χ1) is 10.9. The van der Waals surface area contributed by atoms with Crippen LogP contribution < -0.4 is 0 Å². The van der Waals surface area contributed by atoms with Crippen LogP contribution in [0.15, 0.2) is 23.8 Å². The number of hydrogen-bond acceptors (Lipinski definition) is 4. The highest BCUT2D eigenvalue weighted by atomic mass is 16.6. The van der Waals surface area contributed by atoms with Gasteiger partial charge in [-0.3, -0.25) is 14.9 Å². The molecule has 1 fully saturated rings. The van der Waals surface area contributed by atoms with E-state index in [0.29, 0.717) is 13.0 Å². The number of nitro benzene ring substituents is 1. The zero-order valence-electron chi connectivity index (χ0n) is 14.0. The molecule has 1 aromatic rings. The third-order valence-electron chi connectivity index (χ3n) is 4.21. The predicted octanol–water partition coefficient (Wildman–Crippen LogP) is 2.36. The Bertz CT molecular complexity index is 672. The molecule has 0 unspecified atom stereocenters. The van der Waals surface area contributed by atoms with Crippen LogP contribution in [0.2, 0.25) is 0 Å². The van der Waals surface area contributed by atoms with Crippen molar-refractivity contribution in [3.05, 3.63) is 50.6 Å². The average molecular weight is 306 g/mol. The zero-order chi connectivity index (χ0) is 17.1. The van der Waals surface area contributed by atoms with Gasteiger partial charge in [0.2, 0.25) is 1.43 Å². The van der Waals surface area contributed by atoms with Crippen LogP contribution in [0, 0.1) is 24.0 Å². The van der Waals surface area contributed by atoms with Crippen molar-refractivity contribution in [2.75, 3.05) is 13.2 Å². The molecule has 118 valence electrons. The molecule has 1 aliphatic heterocycles. The van der Waals surface area contributed by atoms with Gasteiger partial charge in [-0.25, -0.2) is 0 Å². The highest BCUT2D eigenvalue weighted by molar-refractivity contribution is 5.99. The minimum absolute atomic E-state index is 0.0850. The Kier molecular flexibility index (Phi) is 4.20. The van der Waals surface area contributed by atoms with E-state index in [4.69, 9.17) is 1.43 Å². The van der Waals surface area contributed by atoms with Crippen molar-refractivity contribution in [1.82, 2.24) is 4.90 Å². The predicted molar refractivity (Wildman–Crippen MR) is 82.9 cm³/mol. The van der Waals surface area contributed by atoms with E-state index in [1.807, 2.05) is 19.9 Å². The first kappa shape index (κ1) is 14.7. The molecule has 1 amide bonds. The number of aryl methyl sites for hydroxylation is 2. The summed E-state index contributed by atoms with van der Waals surface area (Å²) < 4.78 is 6.93. The molecule has 6 nitrogen and oxygen atoms in total. The van der Waals surface area contributed by atoms with Crippen molar-refractivity contribution >= 4 is 11.6 Å². The number of carbonyl (C=O) groups is 1. The largest absolute Gasteiger partial charge is 0.394 e. The fraction of sp³-hybridized carbons (Fsp3) is 0.438. The van der Waals surface area contributed by atoms with Crippen LogP contribution in [0.3, 0.4) is 0 Å². The number of likely N-dealkylation sites (tertiary alicyclic amines) is 1. The van der Waals surface area contributed by atoms with Crippen LogP contribution in [-0.4, -0.2) is 41.5 Å². The van der Waals surface area contributed by atoms with Gasteiger partial charge in [-0.2, -0.15) is 0 Å². The lowest BCUT2D eigenvalue weighted by molar-refractivity contribution is -0.385. The second-order valence-electron chi connectivity index (χ2n) is 5.62. The summed E-state index contributed by atoms with van der Waals surface area (Å²) in [7, 11) is 0. The molecule has 0 saturated carbocycles. The van der Waals surface area contributed by atoms with Crippen molar-refractivity contribution in [3.63, 3.8) is 0 Å². The van der Waals surface area contributed by atoms with E-state index in [1.54, 1.807) is 17.9 Å². The number of aliphatic hydroxyl groups excluding tert-OH is 1. The number of hydrogen-bond donors (Lipinski definition) is 1.